The van der Waals surface area contributed by atoms with Crippen LogP contribution in [0.5, 0.6) is 0 Å². The maximum atomic E-state index is 12.9. The van der Waals surface area contributed by atoms with Gasteiger partial charge in [-0.25, -0.2) is 4.39 Å². The Morgan fingerprint density at radius 1 is 1.56 bits per heavy atom. The number of carbonyl (C=O) groups is 2. The standard InChI is InChI=1S/C9H5BrFNO4/c10-3-8(14)9-5(4-13)1-6(11)2-7(9)12(15)16/h1-2,4H,3H2. The Hall–Kier alpha value is -1.63. The summed E-state index contributed by atoms with van der Waals surface area (Å²) in [5.41, 5.74) is -1.40. The zero-order valence-electron chi connectivity index (χ0n) is 7.78. The molecule has 0 radical (unpaired) electrons. The summed E-state index contributed by atoms with van der Waals surface area (Å²) in [6.45, 7) is 0. The van der Waals surface area contributed by atoms with Crippen LogP contribution in [0, 0.1) is 15.9 Å². The second-order valence-corrected chi connectivity index (χ2v) is 3.38. The van der Waals surface area contributed by atoms with Gasteiger partial charge in [0.15, 0.2) is 12.1 Å². The summed E-state index contributed by atoms with van der Waals surface area (Å²) in [6, 6.07) is 1.40. The van der Waals surface area contributed by atoms with Gasteiger partial charge in [0.05, 0.1) is 16.3 Å². The molecule has 0 aliphatic rings. The van der Waals surface area contributed by atoms with Crippen LogP contribution < -0.4 is 0 Å². The van der Waals surface area contributed by atoms with Gasteiger partial charge in [0, 0.05) is 5.56 Å². The quantitative estimate of drug-likeness (QED) is 0.280. The molecule has 0 N–H and O–H groups in total. The smallest absolute Gasteiger partial charge is 0.283 e. The molecule has 1 rings (SSSR count). The summed E-state index contributed by atoms with van der Waals surface area (Å²) in [5.74, 6) is -1.58. The van der Waals surface area contributed by atoms with Crippen LogP contribution in [-0.4, -0.2) is 22.3 Å². The highest BCUT2D eigenvalue weighted by Gasteiger charge is 2.24. The molecule has 84 valence electrons. The van der Waals surface area contributed by atoms with Crippen LogP contribution in [0.15, 0.2) is 12.1 Å². The lowest BCUT2D eigenvalue weighted by Gasteiger charge is -2.03. The van der Waals surface area contributed by atoms with Gasteiger partial charge in [0.2, 0.25) is 0 Å². The molecule has 0 aliphatic heterocycles. The number of alkyl halides is 1. The first kappa shape index (κ1) is 12.4. The van der Waals surface area contributed by atoms with E-state index in [4.69, 9.17) is 0 Å². The highest BCUT2D eigenvalue weighted by Crippen LogP contribution is 2.24. The Labute approximate surface area is 97.5 Å². The first-order chi connectivity index (χ1) is 7.51. The molecule has 0 aliphatic carbocycles. The van der Waals surface area contributed by atoms with E-state index in [-0.39, 0.29) is 22.7 Å². The highest BCUT2D eigenvalue weighted by atomic mass is 79.9. The van der Waals surface area contributed by atoms with Crippen LogP contribution in [0.3, 0.4) is 0 Å². The summed E-state index contributed by atoms with van der Waals surface area (Å²) in [6.07, 6.45) is 0.214. The Balaban J connectivity index is 3.57. The fraction of sp³-hybridized carbons (Fsp3) is 0.111. The lowest BCUT2D eigenvalue weighted by atomic mass is 10.0. The Bertz CT molecular complexity index is 475. The van der Waals surface area contributed by atoms with Gasteiger partial charge in [-0.15, -0.1) is 0 Å². The number of nitro groups is 1. The molecule has 0 heterocycles. The van der Waals surface area contributed by atoms with E-state index in [0.717, 1.165) is 6.07 Å². The summed E-state index contributed by atoms with van der Waals surface area (Å²) in [4.78, 5) is 31.7. The molecule has 0 unspecified atom stereocenters. The summed E-state index contributed by atoms with van der Waals surface area (Å²) in [7, 11) is 0. The van der Waals surface area contributed by atoms with Crippen LogP contribution >= 0.6 is 15.9 Å². The molecule has 0 bridgehead atoms. The van der Waals surface area contributed by atoms with Gasteiger partial charge < -0.3 is 0 Å². The number of benzene rings is 1. The summed E-state index contributed by atoms with van der Waals surface area (Å²) in [5, 5.41) is 10.4. The van der Waals surface area contributed by atoms with Crippen molar-refractivity contribution in [1.82, 2.24) is 0 Å². The Kier molecular flexibility index (Phi) is 3.83. The SMILES string of the molecule is O=Cc1cc(F)cc([N+](=O)[O-])c1C(=O)CBr. The Morgan fingerprint density at radius 2 is 2.19 bits per heavy atom. The lowest BCUT2D eigenvalue weighted by Crippen LogP contribution is -2.09. The fourth-order valence-corrected chi connectivity index (χ4v) is 1.50. The molecule has 1 aromatic carbocycles. The largest absolute Gasteiger partial charge is 0.298 e. The number of halogens is 2. The number of nitro benzene ring substituents is 1. The molecule has 0 fully saturated rings. The van der Waals surface area contributed by atoms with E-state index in [2.05, 4.69) is 15.9 Å². The number of carbonyl (C=O) groups excluding carboxylic acids is 2. The van der Waals surface area contributed by atoms with Crippen molar-refractivity contribution >= 4 is 33.7 Å². The van der Waals surface area contributed by atoms with Gasteiger partial charge >= 0.3 is 0 Å². The summed E-state index contributed by atoms with van der Waals surface area (Å²) >= 11 is 2.83. The predicted octanol–water partition coefficient (Wildman–Crippen LogP) is 2.12. The first-order valence-corrected chi connectivity index (χ1v) is 5.15. The van der Waals surface area contributed by atoms with Crippen molar-refractivity contribution in [1.29, 1.82) is 0 Å². The molecular weight excluding hydrogens is 285 g/mol. The second kappa shape index (κ2) is 4.93. The van der Waals surface area contributed by atoms with E-state index in [1.807, 2.05) is 0 Å². The summed E-state index contributed by atoms with van der Waals surface area (Å²) < 4.78 is 12.9. The fourth-order valence-electron chi connectivity index (χ4n) is 1.22. The molecule has 0 saturated carbocycles. The van der Waals surface area contributed by atoms with Crippen molar-refractivity contribution in [3.05, 3.63) is 39.2 Å². The van der Waals surface area contributed by atoms with Crippen LogP contribution in [0.25, 0.3) is 0 Å². The van der Waals surface area contributed by atoms with Crippen LogP contribution in [0.4, 0.5) is 10.1 Å². The van der Waals surface area contributed by atoms with E-state index in [1.54, 1.807) is 0 Å². The van der Waals surface area contributed by atoms with Crippen LogP contribution in [0.1, 0.15) is 20.7 Å². The van der Waals surface area contributed by atoms with Gasteiger partial charge in [-0.3, -0.25) is 19.7 Å². The number of nitrogens with zero attached hydrogens (tertiary/aromatic N) is 1. The van der Waals surface area contributed by atoms with Crippen molar-refractivity contribution in [3.8, 4) is 0 Å². The molecule has 0 amide bonds. The molecule has 0 spiro atoms. The second-order valence-electron chi connectivity index (χ2n) is 2.82. The van der Waals surface area contributed by atoms with Crippen molar-refractivity contribution in [2.24, 2.45) is 0 Å². The maximum absolute atomic E-state index is 12.9. The predicted molar refractivity (Wildman–Crippen MR) is 56.6 cm³/mol. The van der Waals surface area contributed by atoms with Gasteiger partial charge in [0.1, 0.15) is 11.4 Å². The van der Waals surface area contributed by atoms with Gasteiger partial charge in [-0.05, 0) is 6.07 Å². The molecule has 0 saturated heterocycles. The van der Waals surface area contributed by atoms with E-state index < -0.39 is 22.2 Å². The molecule has 1 aromatic rings. The zero-order chi connectivity index (χ0) is 12.3. The number of Topliss-reactive ketones (excluding diaryl/α,β-unsaturated/α-hetero) is 1. The number of hydrogen-bond acceptors (Lipinski definition) is 4. The Morgan fingerprint density at radius 3 is 2.62 bits per heavy atom. The first-order valence-electron chi connectivity index (χ1n) is 4.03. The number of aldehydes is 1. The zero-order valence-corrected chi connectivity index (χ0v) is 9.36. The third-order valence-electron chi connectivity index (χ3n) is 1.84. The van der Waals surface area contributed by atoms with Crippen molar-refractivity contribution in [3.63, 3.8) is 0 Å². The molecular formula is C9H5BrFNO4. The van der Waals surface area contributed by atoms with Crippen molar-refractivity contribution < 1.29 is 18.9 Å². The normalized spacial score (nSPS) is 9.88. The third-order valence-corrected chi connectivity index (χ3v) is 2.35. The molecule has 7 heteroatoms. The average Bonchev–Trinajstić information content (AvgIpc) is 2.26. The van der Waals surface area contributed by atoms with E-state index >= 15 is 0 Å². The van der Waals surface area contributed by atoms with E-state index in [0.29, 0.717) is 6.07 Å². The van der Waals surface area contributed by atoms with Crippen LogP contribution in [-0.2, 0) is 0 Å². The molecule has 0 atom stereocenters. The maximum Gasteiger partial charge on any atom is 0.283 e. The minimum Gasteiger partial charge on any atom is -0.298 e. The molecule has 16 heavy (non-hydrogen) atoms. The third kappa shape index (κ3) is 2.30. The van der Waals surface area contributed by atoms with Gasteiger partial charge in [0.25, 0.3) is 5.69 Å². The van der Waals surface area contributed by atoms with Crippen LogP contribution in [0.2, 0.25) is 0 Å². The molecule has 0 aromatic heterocycles. The van der Waals surface area contributed by atoms with Crippen molar-refractivity contribution in [2.45, 2.75) is 0 Å². The number of ketones is 1. The van der Waals surface area contributed by atoms with Crippen molar-refractivity contribution in [2.75, 3.05) is 5.33 Å². The topological polar surface area (TPSA) is 77.3 Å². The number of hydrogen-bond donors (Lipinski definition) is 0. The average molecular weight is 290 g/mol. The minimum absolute atomic E-state index is 0.180. The van der Waals surface area contributed by atoms with E-state index in [1.165, 1.54) is 0 Å². The van der Waals surface area contributed by atoms with Gasteiger partial charge in [-0.2, -0.15) is 0 Å². The van der Waals surface area contributed by atoms with E-state index in [9.17, 15) is 24.1 Å². The minimum atomic E-state index is -0.931. The highest BCUT2D eigenvalue weighted by molar-refractivity contribution is 9.09. The monoisotopic (exact) mass is 289 g/mol. The van der Waals surface area contributed by atoms with Gasteiger partial charge in [-0.1, -0.05) is 15.9 Å². The molecule has 5 nitrogen and oxygen atoms in total. The lowest BCUT2D eigenvalue weighted by molar-refractivity contribution is -0.385. The number of rotatable bonds is 4.